The first kappa shape index (κ1) is 38.2. The Morgan fingerprint density at radius 3 is 0.800 bits per heavy atom. The van der Waals surface area contributed by atoms with Crippen LogP contribution in [0.4, 0.5) is 0 Å². The number of nitrogens with zero attached hydrogens (tertiary/aromatic N) is 6. The fraction of sp³-hybridized carbons (Fsp3) is 0. The lowest BCUT2D eigenvalue weighted by molar-refractivity contribution is 0.391. The zero-order valence-corrected chi connectivity index (χ0v) is 33.6. The first-order chi connectivity index (χ1) is 29.7. The van der Waals surface area contributed by atoms with Gasteiger partial charge >= 0.3 is 24.0 Å². The van der Waals surface area contributed by atoms with Gasteiger partial charge in [-0.05, 0) is 57.6 Å². The van der Waals surface area contributed by atoms with E-state index < -0.39 is 15.8 Å². The number of aromatic nitrogens is 6. The van der Waals surface area contributed by atoms with Crippen molar-refractivity contribution in [2.75, 3.05) is 0 Å². The van der Waals surface area contributed by atoms with Crippen LogP contribution in [0.2, 0.25) is 0 Å². The highest BCUT2D eigenvalue weighted by atomic mass is 31.1. The second-order valence-corrected chi connectivity index (χ2v) is 17.1. The van der Waals surface area contributed by atoms with Crippen molar-refractivity contribution >= 4 is 48.2 Å². The lowest BCUT2D eigenvalue weighted by Gasteiger charge is -2.18. The summed E-state index contributed by atoms with van der Waals surface area (Å²) in [6, 6.07) is 66.8. The van der Waals surface area contributed by atoms with E-state index in [0.717, 1.165) is 21.2 Å². The highest BCUT2D eigenvalue weighted by Crippen LogP contribution is 2.35. The zero-order valence-electron chi connectivity index (χ0n) is 31.8. The Bertz CT molecular complexity index is 2510. The van der Waals surface area contributed by atoms with Gasteiger partial charge in [-0.15, -0.1) is 9.97 Å². The van der Waals surface area contributed by atoms with Gasteiger partial charge in [-0.1, -0.05) is 164 Å². The van der Waals surface area contributed by atoms with E-state index in [9.17, 15) is 0 Å². The average molecular weight is 821 g/mol. The largest absolute Gasteiger partial charge is 0.424 e. The second-order valence-electron chi connectivity index (χ2n) is 12.9. The van der Waals surface area contributed by atoms with Crippen molar-refractivity contribution in [2.24, 2.45) is 0 Å². The predicted octanol–water partition coefficient (Wildman–Crippen LogP) is 8.74. The molecule has 0 saturated carbocycles. The number of benzene rings is 7. The maximum absolute atomic E-state index is 6.39. The van der Waals surface area contributed by atoms with E-state index in [1.54, 1.807) is 24.3 Å². The molecule has 12 heteroatoms. The fourth-order valence-electron chi connectivity index (χ4n) is 6.11. The molecule has 9 aromatic rings. The van der Waals surface area contributed by atoms with Gasteiger partial charge in [0.25, 0.3) is 0 Å². The lowest BCUT2D eigenvalue weighted by atomic mass is 10.3. The van der Waals surface area contributed by atoms with Crippen molar-refractivity contribution in [3.8, 4) is 47.0 Å². The Morgan fingerprint density at radius 1 is 0.250 bits per heavy atom. The van der Waals surface area contributed by atoms with Crippen molar-refractivity contribution < 1.29 is 18.9 Å². The summed E-state index contributed by atoms with van der Waals surface area (Å²) in [5, 5.41) is 4.25. The van der Waals surface area contributed by atoms with Gasteiger partial charge in [-0.3, -0.25) is 0 Å². The van der Waals surface area contributed by atoms with Crippen LogP contribution >= 0.6 is 15.8 Å². The Labute approximate surface area is 349 Å². The minimum Gasteiger partial charge on any atom is -0.424 e. The van der Waals surface area contributed by atoms with Gasteiger partial charge in [-0.25, -0.2) is 0 Å². The third-order valence-corrected chi connectivity index (χ3v) is 13.2. The van der Waals surface area contributed by atoms with E-state index in [0.29, 0.717) is 34.1 Å². The van der Waals surface area contributed by atoms with Crippen molar-refractivity contribution in [1.29, 1.82) is 0 Å². The molecule has 2 aromatic heterocycles. The molecule has 2 heterocycles. The van der Waals surface area contributed by atoms with Crippen molar-refractivity contribution in [3.05, 3.63) is 206 Å². The molecule has 0 atom stereocenters. The summed E-state index contributed by atoms with van der Waals surface area (Å²) < 4.78 is 25.1. The molecule has 0 unspecified atom stereocenters. The molecule has 0 radical (unpaired) electrons. The van der Waals surface area contributed by atoms with Crippen LogP contribution in [0, 0.1) is 0 Å². The first-order valence-electron chi connectivity index (χ1n) is 18.9. The van der Waals surface area contributed by atoms with E-state index in [4.69, 9.17) is 38.9 Å². The Balaban J connectivity index is 1.07. The number of ether oxygens (including phenoxy) is 4. The van der Waals surface area contributed by atoms with Crippen LogP contribution in [0.25, 0.3) is 0 Å². The quantitative estimate of drug-likeness (QED) is 0.0988. The minimum atomic E-state index is -1.21. The third-order valence-electron chi connectivity index (χ3n) is 8.75. The van der Waals surface area contributed by atoms with Gasteiger partial charge < -0.3 is 18.9 Å². The molecule has 290 valence electrons. The van der Waals surface area contributed by atoms with Crippen molar-refractivity contribution in [1.82, 2.24) is 29.9 Å². The summed E-state index contributed by atoms with van der Waals surface area (Å²) in [6.45, 7) is 0. The van der Waals surface area contributed by atoms with E-state index in [2.05, 4.69) is 58.5 Å². The van der Waals surface area contributed by atoms with Crippen LogP contribution in [0.5, 0.6) is 47.0 Å². The molecule has 0 aliphatic heterocycles. The van der Waals surface area contributed by atoms with Crippen LogP contribution < -0.4 is 51.3 Å². The van der Waals surface area contributed by atoms with E-state index >= 15 is 0 Å². The van der Waals surface area contributed by atoms with Crippen molar-refractivity contribution in [3.63, 3.8) is 0 Å². The molecule has 10 nitrogen and oxygen atoms in total. The molecular weight excluding hydrogens is 787 g/mol. The summed E-state index contributed by atoms with van der Waals surface area (Å²) in [5.74, 6) is 1.97. The topological polar surface area (TPSA) is 114 Å². The number of rotatable bonds is 14. The third kappa shape index (κ3) is 9.49. The summed E-state index contributed by atoms with van der Waals surface area (Å²) >= 11 is 0. The van der Waals surface area contributed by atoms with Gasteiger partial charge in [0.1, 0.15) is 23.0 Å². The fourth-order valence-corrected chi connectivity index (χ4v) is 10.2. The number of hydrogen-bond donors (Lipinski definition) is 0. The van der Waals surface area contributed by atoms with Crippen LogP contribution in [-0.4, -0.2) is 29.9 Å². The summed E-state index contributed by atoms with van der Waals surface area (Å²) in [5.41, 5.74) is 1.03. The highest BCUT2D eigenvalue weighted by molar-refractivity contribution is 7.79. The molecular formula is C48H34N6O4P2. The molecule has 9 rings (SSSR count). The van der Waals surface area contributed by atoms with Crippen molar-refractivity contribution in [2.45, 2.75) is 0 Å². The lowest BCUT2D eigenvalue weighted by Crippen LogP contribution is -2.26. The molecule has 0 fully saturated rings. The van der Waals surface area contributed by atoms with E-state index in [-0.39, 0.29) is 24.0 Å². The van der Waals surface area contributed by atoms with Gasteiger partial charge in [0.15, 0.2) is 11.1 Å². The SMILES string of the molecule is c1ccc(Oc2nc(Oc3cccc(Oc4nc(Oc5ccccc5)nc(P(c5ccccc5)c5ccccc5)n4)c3)nc(P(c3ccccc3)c3ccccc3)n2)cc1. The molecule has 0 bridgehead atoms. The Morgan fingerprint density at radius 2 is 0.500 bits per heavy atom. The van der Waals surface area contributed by atoms with E-state index in [1.165, 1.54) is 0 Å². The van der Waals surface area contributed by atoms with Gasteiger partial charge in [0.2, 0.25) is 0 Å². The standard InChI is InChI=1S/C48H34N6O4P2/c1-7-20-35(21-8-1)55-43-49-45(53-47(51-43)59(39-26-11-3-12-27-39)40-28-13-4-14-29-40)57-37-24-19-25-38(34-37)58-46-50-44(56-36-22-9-2-10-23-36)52-48(54-46)60(41-30-15-5-16-31-41)42-32-17-6-18-33-42/h1-34H. The van der Waals surface area contributed by atoms with E-state index in [1.807, 2.05) is 133 Å². The van der Waals surface area contributed by atoms with Crippen LogP contribution in [0.3, 0.4) is 0 Å². The molecule has 0 spiro atoms. The smallest absolute Gasteiger partial charge is 0.328 e. The van der Waals surface area contributed by atoms with Gasteiger partial charge in [0, 0.05) is 21.9 Å². The normalized spacial score (nSPS) is 11.0. The maximum atomic E-state index is 6.39. The Kier molecular flexibility index (Phi) is 11.7. The molecule has 7 aromatic carbocycles. The average Bonchev–Trinajstić information content (AvgIpc) is 3.29. The van der Waals surface area contributed by atoms with Crippen LogP contribution in [0.15, 0.2) is 206 Å². The summed E-state index contributed by atoms with van der Waals surface area (Å²) in [6.07, 6.45) is 0. The molecule has 0 aliphatic rings. The first-order valence-corrected chi connectivity index (χ1v) is 21.6. The summed E-state index contributed by atoms with van der Waals surface area (Å²) in [7, 11) is -2.42. The molecule has 0 saturated heterocycles. The highest BCUT2D eigenvalue weighted by Gasteiger charge is 2.25. The number of hydrogen-bond acceptors (Lipinski definition) is 10. The van der Waals surface area contributed by atoms with Crippen LogP contribution in [-0.2, 0) is 0 Å². The number of para-hydroxylation sites is 2. The zero-order chi connectivity index (χ0) is 40.4. The minimum absolute atomic E-state index is 0.0554. The summed E-state index contributed by atoms with van der Waals surface area (Å²) in [4.78, 5) is 28.7. The van der Waals surface area contributed by atoms with Crippen LogP contribution in [0.1, 0.15) is 0 Å². The molecule has 60 heavy (non-hydrogen) atoms. The monoisotopic (exact) mass is 820 g/mol. The van der Waals surface area contributed by atoms with Gasteiger partial charge in [-0.2, -0.15) is 19.9 Å². The molecule has 0 amide bonds. The second kappa shape index (κ2) is 18.5. The molecule has 0 N–H and O–H groups in total. The predicted molar refractivity (Wildman–Crippen MR) is 237 cm³/mol. The van der Waals surface area contributed by atoms with Gasteiger partial charge in [0.05, 0.1) is 0 Å². The molecule has 0 aliphatic carbocycles. The Hall–Kier alpha value is -7.38. The maximum Gasteiger partial charge on any atom is 0.328 e.